The predicted molar refractivity (Wildman–Crippen MR) is 67.2 cm³/mol. The number of carbonyl (C=O) groups is 1. The molecule has 0 unspecified atom stereocenters. The van der Waals surface area contributed by atoms with E-state index < -0.39 is 0 Å². The Morgan fingerprint density at radius 2 is 1.75 bits per heavy atom. The summed E-state index contributed by atoms with van der Waals surface area (Å²) < 4.78 is 5.16. The molecule has 3 nitrogen and oxygen atoms in total. The van der Waals surface area contributed by atoms with Crippen molar-refractivity contribution in [3.8, 4) is 0 Å². The molecule has 0 bridgehead atoms. The number of carbonyl (C=O) groups excluding carboxylic acids is 1. The monoisotopic (exact) mass is 227 g/mol. The van der Waals surface area contributed by atoms with Crippen LogP contribution in [0.3, 0.4) is 0 Å². The van der Waals surface area contributed by atoms with Crippen LogP contribution in [0.1, 0.15) is 47.0 Å². The quantitative estimate of drug-likeness (QED) is 0.471. The first-order valence-electron chi connectivity index (χ1n) is 6.31. The molecule has 3 heteroatoms. The maximum atomic E-state index is 11.7. The first-order valence-corrected chi connectivity index (χ1v) is 6.31. The Morgan fingerprint density at radius 1 is 1.12 bits per heavy atom. The lowest BCUT2D eigenvalue weighted by atomic mass is 10.1. The van der Waals surface area contributed by atoms with Gasteiger partial charge in [0.15, 0.2) is 0 Å². The highest BCUT2D eigenvalue weighted by Crippen LogP contribution is 2.09. The molecule has 0 radical (unpaired) electrons. The Bertz CT molecular complexity index is 220. The fourth-order valence-corrected chi connectivity index (χ4v) is 1.40. The van der Waals surface area contributed by atoms with Gasteiger partial charge in [-0.05, 0) is 26.7 Å². The van der Waals surface area contributed by atoms with E-state index >= 15 is 0 Å². The fourth-order valence-electron chi connectivity index (χ4n) is 1.40. The number of esters is 1. The molecule has 0 aliphatic heterocycles. The van der Waals surface area contributed by atoms with Gasteiger partial charge in [0.2, 0.25) is 0 Å². The summed E-state index contributed by atoms with van der Waals surface area (Å²) in [5.41, 5.74) is 0.791. The number of ether oxygens (including phenoxy) is 1. The summed E-state index contributed by atoms with van der Waals surface area (Å²) >= 11 is 0. The molecule has 94 valence electrons. The van der Waals surface area contributed by atoms with Gasteiger partial charge >= 0.3 is 5.97 Å². The summed E-state index contributed by atoms with van der Waals surface area (Å²) in [4.78, 5) is 13.9. The van der Waals surface area contributed by atoms with Gasteiger partial charge in [-0.1, -0.05) is 20.3 Å². The molecule has 0 saturated carbocycles. The molecule has 0 fully saturated rings. The topological polar surface area (TPSA) is 29.5 Å². The van der Waals surface area contributed by atoms with E-state index in [9.17, 15) is 4.79 Å². The van der Waals surface area contributed by atoms with E-state index in [-0.39, 0.29) is 5.97 Å². The van der Waals surface area contributed by atoms with Crippen LogP contribution in [-0.2, 0) is 9.53 Å². The first-order chi connectivity index (χ1) is 7.69. The zero-order valence-corrected chi connectivity index (χ0v) is 11.1. The van der Waals surface area contributed by atoms with Gasteiger partial charge < -0.3 is 9.64 Å². The number of hydrogen-bond acceptors (Lipinski definition) is 3. The zero-order chi connectivity index (χ0) is 12.4. The summed E-state index contributed by atoms with van der Waals surface area (Å²) in [6.07, 6.45) is 4.57. The van der Waals surface area contributed by atoms with Crippen molar-refractivity contribution in [3.05, 3.63) is 11.8 Å². The number of rotatable bonds is 8. The molecule has 0 aromatic heterocycles. The van der Waals surface area contributed by atoms with Crippen molar-refractivity contribution in [2.75, 3.05) is 19.7 Å². The highest BCUT2D eigenvalue weighted by atomic mass is 16.5. The third-order valence-corrected chi connectivity index (χ3v) is 2.37. The van der Waals surface area contributed by atoms with Gasteiger partial charge in [-0.3, -0.25) is 0 Å². The highest BCUT2D eigenvalue weighted by Gasteiger charge is 2.10. The molecule has 0 spiro atoms. The van der Waals surface area contributed by atoms with Crippen LogP contribution in [0.4, 0.5) is 0 Å². The Hall–Kier alpha value is -0.990. The van der Waals surface area contributed by atoms with E-state index in [1.54, 1.807) is 0 Å². The van der Waals surface area contributed by atoms with Crippen molar-refractivity contribution in [1.29, 1.82) is 0 Å². The molecule has 0 N–H and O–H groups in total. The minimum absolute atomic E-state index is 0.157. The van der Waals surface area contributed by atoms with Crippen LogP contribution in [-0.4, -0.2) is 30.6 Å². The molecule has 0 heterocycles. The van der Waals surface area contributed by atoms with Crippen molar-refractivity contribution < 1.29 is 9.53 Å². The van der Waals surface area contributed by atoms with Gasteiger partial charge in [0.1, 0.15) is 0 Å². The smallest absolute Gasteiger partial charge is 0.335 e. The minimum Gasteiger partial charge on any atom is -0.462 e. The third kappa shape index (κ3) is 5.79. The van der Waals surface area contributed by atoms with Crippen LogP contribution in [0, 0.1) is 0 Å². The van der Waals surface area contributed by atoms with Gasteiger partial charge in [0, 0.05) is 19.3 Å². The molecule has 16 heavy (non-hydrogen) atoms. The maximum absolute atomic E-state index is 11.7. The maximum Gasteiger partial charge on any atom is 0.335 e. The Labute approximate surface area is 99.5 Å². The largest absolute Gasteiger partial charge is 0.462 e. The number of nitrogens with zero attached hydrogens (tertiary/aromatic N) is 1. The third-order valence-electron chi connectivity index (χ3n) is 2.37. The SMILES string of the molecule is CCCOC(=O)C(=CN(CC)CC)CCC. The average Bonchev–Trinajstić information content (AvgIpc) is 2.31. The van der Waals surface area contributed by atoms with Crippen LogP contribution in [0.25, 0.3) is 0 Å². The van der Waals surface area contributed by atoms with E-state index in [1.165, 1.54) is 0 Å². The average molecular weight is 227 g/mol. The standard InChI is InChI=1S/C13H25NO2/c1-5-9-12(11-14(7-3)8-4)13(15)16-10-6-2/h11H,5-10H2,1-4H3. The van der Waals surface area contributed by atoms with Gasteiger partial charge in [-0.15, -0.1) is 0 Å². The molecule has 0 amide bonds. The van der Waals surface area contributed by atoms with Crippen molar-refractivity contribution >= 4 is 5.97 Å². The van der Waals surface area contributed by atoms with Crippen molar-refractivity contribution in [1.82, 2.24) is 4.90 Å². The van der Waals surface area contributed by atoms with Crippen molar-refractivity contribution in [3.63, 3.8) is 0 Å². The second kappa shape index (κ2) is 9.25. The molecule has 0 aliphatic rings. The summed E-state index contributed by atoms with van der Waals surface area (Å²) in [6.45, 7) is 10.6. The molecule has 0 rings (SSSR count). The summed E-state index contributed by atoms with van der Waals surface area (Å²) in [5, 5.41) is 0. The summed E-state index contributed by atoms with van der Waals surface area (Å²) in [5.74, 6) is -0.157. The van der Waals surface area contributed by atoms with E-state index in [2.05, 4.69) is 25.7 Å². The van der Waals surface area contributed by atoms with Crippen LogP contribution >= 0.6 is 0 Å². The second-order valence-corrected chi connectivity index (χ2v) is 3.76. The minimum atomic E-state index is -0.157. The normalized spacial score (nSPS) is 11.4. The lowest BCUT2D eigenvalue weighted by molar-refractivity contribution is -0.139. The van der Waals surface area contributed by atoms with Crippen molar-refractivity contribution in [2.45, 2.75) is 47.0 Å². The van der Waals surface area contributed by atoms with Gasteiger partial charge in [-0.25, -0.2) is 4.79 Å². The zero-order valence-electron chi connectivity index (χ0n) is 11.1. The molecule has 0 saturated heterocycles. The van der Waals surface area contributed by atoms with Gasteiger partial charge in [0.05, 0.1) is 12.2 Å². The van der Waals surface area contributed by atoms with E-state index in [0.29, 0.717) is 6.61 Å². The first kappa shape index (κ1) is 15.0. The molecule has 0 aliphatic carbocycles. The lowest BCUT2D eigenvalue weighted by Gasteiger charge is -2.17. The van der Waals surface area contributed by atoms with Crippen LogP contribution in [0.5, 0.6) is 0 Å². The van der Waals surface area contributed by atoms with Gasteiger partial charge in [-0.2, -0.15) is 0 Å². The Kier molecular flexibility index (Phi) is 8.68. The van der Waals surface area contributed by atoms with Crippen LogP contribution < -0.4 is 0 Å². The summed E-state index contributed by atoms with van der Waals surface area (Å²) in [6, 6.07) is 0. The fraction of sp³-hybridized carbons (Fsp3) is 0.769. The Balaban J connectivity index is 4.50. The lowest BCUT2D eigenvalue weighted by Crippen LogP contribution is -2.19. The van der Waals surface area contributed by atoms with E-state index in [1.807, 2.05) is 13.1 Å². The van der Waals surface area contributed by atoms with Gasteiger partial charge in [0.25, 0.3) is 0 Å². The summed E-state index contributed by atoms with van der Waals surface area (Å²) in [7, 11) is 0. The number of hydrogen-bond donors (Lipinski definition) is 0. The predicted octanol–water partition coefficient (Wildman–Crippen LogP) is 2.97. The molecule has 0 atom stereocenters. The highest BCUT2D eigenvalue weighted by molar-refractivity contribution is 5.88. The molecular formula is C13H25NO2. The molecule has 0 aromatic rings. The second-order valence-electron chi connectivity index (χ2n) is 3.76. The molecular weight excluding hydrogens is 202 g/mol. The van der Waals surface area contributed by atoms with E-state index in [4.69, 9.17) is 4.74 Å². The van der Waals surface area contributed by atoms with Crippen LogP contribution in [0.15, 0.2) is 11.8 Å². The molecule has 0 aromatic carbocycles. The van der Waals surface area contributed by atoms with E-state index in [0.717, 1.165) is 37.9 Å². The Morgan fingerprint density at radius 3 is 2.19 bits per heavy atom. The van der Waals surface area contributed by atoms with Crippen molar-refractivity contribution in [2.24, 2.45) is 0 Å². The van der Waals surface area contributed by atoms with Crippen LogP contribution in [0.2, 0.25) is 0 Å².